The number of aldehydes is 1. The lowest BCUT2D eigenvalue weighted by molar-refractivity contribution is 0.112. The van der Waals surface area contributed by atoms with Crippen LogP contribution in [0, 0.1) is 0 Å². The lowest BCUT2D eigenvalue weighted by Crippen LogP contribution is -2.03. The van der Waals surface area contributed by atoms with Gasteiger partial charge in [-0.1, -0.05) is 43.7 Å². The number of rotatable bonds is 5. The third kappa shape index (κ3) is 7.93. The predicted molar refractivity (Wildman–Crippen MR) is 114 cm³/mol. The fourth-order valence-electron chi connectivity index (χ4n) is 2.24. The quantitative estimate of drug-likeness (QED) is 0.596. The molecule has 0 aliphatic carbocycles. The highest BCUT2D eigenvalue weighted by Gasteiger charge is 2.15. The van der Waals surface area contributed by atoms with Crippen molar-refractivity contribution in [3.63, 3.8) is 0 Å². The third-order valence-electron chi connectivity index (χ3n) is 3.65. The van der Waals surface area contributed by atoms with Crippen molar-refractivity contribution in [2.24, 2.45) is 0 Å². The summed E-state index contributed by atoms with van der Waals surface area (Å²) in [6.07, 6.45) is 4.44. The summed E-state index contributed by atoms with van der Waals surface area (Å²) >= 11 is 7.35. The highest BCUT2D eigenvalue weighted by molar-refractivity contribution is 7.14. The molecule has 2 aromatic rings. The Labute approximate surface area is 171 Å². The molecule has 0 saturated carbocycles. The van der Waals surface area contributed by atoms with Gasteiger partial charge in [-0.25, -0.2) is 4.98 Å². The molecular formula is C21H28ClNO3S. The number of aromatic nitrogens is 1. The molecule has 4 nitrogen and oxygen atoms in total. The van der Waals surface area contributed by atoms with E-state index in [-0.39, 0.29) is 0 Å². The molecule has 1 aromatic heterocycles. The van der Waals surface area contributed by atoms with E-state index in [0.717, 1.165) is 35.6 Å². The molecule has 148 valence electrons. The summed E-state index contributed by atoms with van der Waals surface area (Å²) in [6.45, 7) is 8.12. The Morgan fingerprint density at radius 3 is 2.48 bits per heavy atom. The number of ether oxygens (including phenoxy) is 2. The van der Waals surface area contributed by atoms with Gasteiger partial charge in [-0.05, 0) is 36.6 Å². The number of hydrogen-bond donors (Lipinski definition) is 0. The maximum Gasteiger partial charge on any atom is 0.161 e. The number of carbonyl (C=O) groups is 1. The Morgan fingerprint density at radius 1 is 1.30 bits per heavy atom. The van der Waals surface area contributed by atoms with Gasteiger partial charge in [0, 0.05) is 25.2 Å². The standard InChI is InChI=1S/C16H14ClNO2S.C3H8O.C2H6/c17-13-3-1-11(2-4-13)9-14-15(10-19)21-16(18-14)12-5-7-20-8-6-12;1-3-4-2;1-2/h1-5,10H,6-9H2;3H2,1-2H3;1-2H3. The monoisotopic (exact) mass is 409 g/mol. The first-order chi connectivity index (χ1) is 13.2. The molecule has 2 heterocycles. The number of halogens is 1. The molecular weight excluding hydrogens is 382 g/mol. The van der Waals surface area contributed by atoms with E-state index in [0.29, 0.717) is 29.5 Å². The van der Waals surface area contributed by atoms with Gasteiger partial charge in [0.1, 0.15) is 5.01 Å². The zero-order valence-electron chi connectivity index (χ0n) is 16.5. The Morgan fingerprint density at radius 2 is 1.96 bits per heavy atom. The van der Waals surface area contributed by atoms with E-state index in [9.17, 15) is 4.79 Å². The average Bonchev–Trinajstić information content (AvgIpc) is 3.15. The summed E-state index contributed by atoms with van der Waals surface area (Å²) in [5, 5.41) is 1.64. The van der Waals surface area contributed by atoms with Gasteiger partial charge in [-0.2, -0.15) is 0 Å². The van der Waals surface area contributed by atoms with E-state index in [1.165, 1.54) is 16.9 Å². The molecule has 1 aliphatic heterocycles. The average molecular weight is 410 g/mol. The van der Waals surface area contributed by atoms with E-state index in [2.05, 4.69) is 9.72 Å². The number of carbonyl (C=O) groups excluding carboxylic acids is 1. The van der Waals surface area contributed by atoms with Crippen LogP contribution in [0.4, 0.5) is 0 Å². The van der Waals surface area contributed by atoms with Crippen molar-refractivity contribution in [1.29, 1.82) is 0 Å². The van der Waals surface area contributed by atoms with Gasteiger partial charge < -0.3 is 9.47 Å². The summed E-state index contributed by atoms with van der Waals surface area (Å²) in [7, 11) is 1.68. The van der Waals surface area contributed by atoms with E-state index < -0.39 is 0 Å². The first-order valence-corrected chi connectivity index (χ1v) is 10.3. The molecule has 0 unspecified atom stereocenters. The largest absolute Gasteiger partial charge is 0.385 e. The molecule has 6 heteroatoms. The van der Waals surface area contributed by atoms with Gasteiger partial charge >= 0.3 is 0 Å². The normalized spacial score (nSPS) is 12.9. The van der Waals surface area contributed by atoms with Crippen molar-refractivity contribution in [2.45, 2.75) is 33.6 Å². The van der Waals surface area contributed by atoms with Crippen LogP contribution >= 0.6 is 22.9 Å². The van der Waals surface area contributed by atoms with Crippen LogP contribution in [0.2, 0.25) is 5.02 Å². The van der Waals surface area contributed by atoms with Gasteiger partial charge in [0.05, 0.1) is 23.8 Å². The van der Waals surface area contributed by atoms with E-state index in [1.54, 1.807) is 7.11 Å². The van der Waals surface area contributed by atoms with Crippen LogP contribution in [0.25, 0.3) is 5.57 Å². The van der Waals surface area contributed by atoms with Crippen molar-refractivity contribution in [1.82, 2.24) is 4.98 Å². The highest BCUT2D eigenvalue weighted by atomic mass is 35.5. The Kier molecular flexibility index (Phi) is 11.9. The molecule has 0 fully saturated rings. The molecule has 3 rings (SSSR count). The smallest absolute Gasteiger partial charge is 0.161 e. The number of nitrogens with zero attached hydrogens (tertiary/aromatic N) is 1. The lowest BCUT2D eigenvalue weighted by Gasteiger charge is -2.10. The van der Waals surface area contributed by atoms with Crippen molar-refractivity contribution < 1.29 is 14.3 Å². The molecule has 0 radical (unpaired) electrons. The molecule has 0 bridgehead atoms. The molecule has 0 saturated heterocycles. The number of benzene rings is 1. The molecule has 0 atom stereocenters. The lowest BCUT2D eigenvalue weighted by atomic mass is 10.1. The topological polar surface area (TPSA) is 48.4 Å². The van der Waals surface area contributed by atoms with Crippen molar-refractivity contribution >= 4 is 34.8 Å². The van der Waals surface area contributed by atoms with Gasteiger partial charge in [0.2, 0.25) is 0 Å². The summed E-state index contributed by atoms with van der Waals surface area (Å²) < 4.78 is 9.85. The predicted octanol–water partition coefficient (Wildman–Crippen LogP) is 5.68. The summed E-state index contributed by atoms with van der Waals surface area (Å²) in [5.74, 6) is 0. The molecule has 0 N–H and O–H groups in total. The van der Waals surface area contributed by atoms with Gasteiger partial charge in [-0.15, -0.1) is 11.3 Å². The fourth-order valence-corrected chi connectivity index (χ4v) is 3.33. The van der Waals surface area contributed by atoms with Crippen molar-refractivity contribution in [2.75, 3.05) is 26.9 Å². The van der Waals surface area contributed by atoms with E-state index >= 15 is 0 Å². The van der Waals surface area contributed by atoms with E-state index in [1.807, 2.05) is 51.1 Å². The van der Waals surface area contributed by atoms with Gasteiger partial charge in [0.15, 0.2) is 6.29 Å². The Balaban J connectivity index is 0.000000541. The maximum atomic E-state index is 11.3. The van der Waals surface area contributed by atoms with Gasteiger partial charge in [-0.3, -0.25) is 4.79 Å². The minimum atomic E-state index is 0.623. The summed E-state index contributed by atoms with van der Waals surface area (Å²) in [5.41, 5.74) is 3.11. The van der Waals surface area contributed by atoms with Crippen LogP contribution in [0.15, 0.2) is 30.3 Å². The summed E-state index contributed by atoms with van der Waals surface area (Å²) in [4.78, 5) is 16.6. The van der Waals surface area contributed by atoms with Crippen molar-refractivity contribution in [3.05, 3.63) is 56.5 Å². The third-order valence-corrected chi connectivity index (χ3v) is 5.00. The number of hydrogen-bond acceptors (Lipinski definition) is 5. The summed E-state index contributed by atoms with van der Waals surface area (Å²) in [6, 6.07) is 7.63. The second-order valence-corrected chi connectivity index (χ2v) is 6.85. The van der Waals surface area contributed by atoms with E-state index in [4.69, 9.17) is 16.3 Å². The number of thiazole rings is 1. The molecule has 0 spiro atoms. The SMILES string of the molecule is CC.CCOC.O=Cc1sc(C2=CCOCC2)nc1Cc1ccc(Cl)cc1. The first-order valence-electron chi connectivity index (χ1n) is 9.13. The number of methoxy groups -OCH3 is 1. The minimum absolute atomic E-state index is 0.623. The van der Waals surface area contributed by atoms with Crippen LogP contribution in [0.3, 0.4) is 0 Å². The van der Waals surface area contributed by atoms with Crippen molar-refractivity contribution in [3.8, 4) is 0 Å². The maximum absolute atomic E-state index is 11.3. The first kappa shape index (κ1) is 23.5. The molecule has 27 heavy (non-hydrogen) atoms. The second kappa shape index (κ2) is 13.6. The van der Waals surface area contributed by atoms with Gasteiger partial charge in [0.25, 0.3) is 0 Å². The Hall–Kier alpha value is -1.53. The van der Waals surface area contributed by atoms with Crippen LogP contribution < -0.4 is 0 Å². The molecule has 1 aliphatic rings. The second-order valence-electron chi connectivity index (χ2n) is 5.38. The Bertz CT molecular complexity index is 709. The minimum Gasteiger partial charge on any atom is -0.385 e. The van der Waals surface area contributed by atoms with Crippen LogP contribution in [-0.2, 0) is 15.9 Å². The van der Waals surface area contributed by atoms with Crippen LogP contribution in [-0.4, -0.2) is 38.2 Å². The molecule has 1 aromatic carbocycles. The zero-order valence-corrected chi connectivity index (χ0v) is 18.0. The zero-order chi connectivity index (χ0) is 20.1. The fraction of sp³-hybridized carbons (Fsp3) is 0.429. The van der Waals surface area contributed by atoms with Crippen LogP contribution in [0.5, 0.6) is 0 Å². The molecule has 0 amide bonds. The highest BCUT2D eigenvalue weighted by Crippen LogP contribution is 2.28. The van der Waals surface area contributed by atoms with Crippen LogP contribution in [0.1, 0.15) is 53.1 Å².